The van der Waals surface area contributed by atoms with Crippen LogP contribution in [0.15, 0.2) is 34.7 Å². The van der Waals surface area contributed by atoms with Gasteiger partial charge in [0, 0.05) is 24.1 Å². The van der Waals surface area contributed by atoms with E-state index in [1.54, 1.807) is 12.1 Å². The second-order valence-corrected chi connectivity index (χ2v) is 7.67. The van der Waals surface area contributed by atoms with Gasteiger partial charge >= 0.3 is 0 Å². The average Bonchev–Trinajstić information content (AvgIpc) is 2.94. The van der Waals surface area contributed by atoms with E-state index < -0.39 is 0 Å². The number of benzene rings is 1. The first-order valence-corrected chi connectivity index (χ1v) is 8.81. The van der Waals surface area contributed by atoms with E-state index in [2.05, 4.69) is 4.90 Å². The Bertz CT molecular complexity index is 742. The molecule has 128 valence electrons. The number of aliphatic hydroxyl groups is 2. The molecule has 2 aliphatic rings. The lowest BCUT2D eigenvalue weighted by Crippen LogP contribution is -2.31. The van der Waals surface area contributed by atoms with Crippen molar-refractivity contribution < 1.29 is 14.6 Å². The number of likely N-dealkylation sites (tertiary alicyclic amines) is 1. The Morgan fingerprint density at radius 1 is 1.04 bits per heavy atom. The van der Waals surface area contributed by atoms with Gasteiger partial charge in [-0.3, -0.25) is 4.90 Å². The number of hydrogen-bond donors (Lipinski definition) is 2. The zero-order valence-electron chi connectivity index (χ0n) is 13.1. The number of halogens is 2. The number of furan rings is 1. The molecule has 1 saturated heterocycles. The number of aliphatic hydroxyl groups excluding tert-OH is 2. The summed E-state index contributed by atoms with van der Waals surface area (Å²) < 4.78 is 5.94. The minimum atomic E-state index is -0.245. The fraction of sp³-hybridized carbons (Fsp3) is 0.444. The minimum absolute atomic E-state index is 0.0783. The van der Waals surface area contributed by atoms with E-state index in [0.29, 0.717) is 21.9 Å². The molecule has 0 bridgehead atoms. The molecule has 1 saturated carbocycles. The fourth-order valence-electron chi connectivity index (χ4n) is 4.06. The summed E-state index contributed by atoms with van der Waals surface area (Å²) in [6.07, 6.45) is 0. The Morgan fingerprint density at radius 3 is 2.38 bits per heavy atom. The first-order chi connectivity index (χ1) is 11.6. The lowest BCUT2D eigenvalue weighted by Gasteiger charge is -2.23. The highest BCUT2D eigenvalue weighted by molar-refractivity contribution is 6.42. The molecule has 1 aromatic heterocycles. The molecule has 6 heteroatoms. The molecule has 1 aliphatic carbocycles. The molecule has 2 aromatic rings. The normalized spacial score (nSPS) is 25.0. The van der Waals surface area contributed by atoms with E-state index in [1.165, 1.54) is 0 Å². The predicted molar refractivity (Wildman–Crippen MR) is 93.0 cm³/mol. The number of piperidine rings is 1. The first-order valence-electron chi connectivity index (χ1n) is 8.05. The lowest BCUT2D eigenvalue weighted by atomic mass is 10.0. The van der Waals surface area contributed by atoms with Gasteiger partial charge in [-0.15, -0.1) is 0 Å². The quantitative estimate of drug-likeness (QED) is 0.851. The maximum absolute atomic E-state index is 9.49. The van der Waals surface area contributed by atoms with Crippen LogP contribution >= 0.6 is 23.2 Å². The van der Waals surface area contributed by atoms with Crippen LogP contribution in [0.4, 0.5) is 0 Å². The minimum Gasteiger partial charge on any atom is -0.460 e. The molecule has 2 atom stereocenters. The summed E-state index contributed by atoms with van der Waals surface area (Å²) >= 11 is 12.0. The van der Waals surface area contributed by atoms with Crippen molar-refractivity contribution in [3.8, 4) is 11.3 Å². The Morgan fingerprint density at radius 2 is 1.75 bits per heavy atom. The highest BCUT2D eigenvalue weighted by Gasteiger charge is 2.67. The topological polar surface area (TPSA) is 56.8 Å². The Hall–Kier alpha value is -1.04. The summed E-state index contributed by atoms with van der Waals surface area (Å²) in [5, 5.41) is 20.0. The van der Waals surface area contributed by atoms with Crippen LogP contribution in [0.25, 0.3) is 11.3 Å². The van der Waals surface area contributed by atoms with Crippen molar-refractivity contribution in [3.05, 3.63) is 46.1 Å². The molecule has 4 nitrogen and oxygen atoms in total. The van der Waals surface area contributed by atoms with Crippen LogP contribution < -0.4 is 0 Å². The van der Waals surface area contributed by atoms with Gasteiger partial charge in [-0.1, -0.05) is 23.2 Å². The molecule has 2 fully saturated rings. The van der Waals surface area contributed by atoms with Crippen LogP contribution in [0.3, 0.4) is 0 Å². The van der Waals surface area contributed by atoms with Crippen LogP contribution in [0.1, 0.15) is 5.76 Å². The Balaban J connectivity index is 1.41. The van der Waals surface area contributed by atoms with Crippen molar-refractivity contribution in [3.63, 3.8) is 0 Å². The third kappa shape index (κ3) is 2.57. The molecular formula is C18H19Cl2NO3. The zero-order valence-corrected chi connectivity index (χ0v) is 14.6. The summed E-state index contributed by atoms with van der Waals surface area (Å²) in [5.74, 6) is 2.47. The molecule has 0 radical (unpaired) electrons. The largest absolute Gasteiger partial charge is 0.460 e. The van der Waals surface area contributed by atoms with Gasteiger partial charge in [0.25, 0.3) is 0 Å². The molecule has 0 spiro atoms. The first kappa shape index (κ1) is 16.4. The van der Waals surface area contributed by atoms with Crippen molar-refractivity contribution in [2.24, 2.45) is 17.3 Å². The maximum Gasteiger partial charge on any atom is 0.134 e. The highest BCUT2D eigenvalue weighted by Crippen LogP contribution is 2.62. The van der Waals surface area contributed by atoms with E-state index in [4.69, 9.17) is 27.6 Å². The van der Waals surface area contributed by atoms with E-state index >= 15 is 0 Å². The smallest absolute Gasteiger partial charge is 0.134 e. The summed E-state index contributed by atoms with van der Waals surface area (Å²) in [6.45, 7) is 2.69. The average molecular weight is 368 g/mol. The molecule has 4 rings (SSSR count). The number of rotatable bonds is 5. The van der Waals surface area contributed by atoms with Crippen molar-refractivity contribution in [1.29, 1.82) is 0 Å². The van der Waals surface area contributed by atoms with E-state index in [9.17, 15) is 10.2 Å². The molecule has 24 heavy (non-hydrogen) atoms. The number of nitrogens with zero attached hydrogens (tertiary/aromatic N) is 1. The van der Waals surface area contributed by atoms with Crippen LogP contribution in [0, 0.1) is 17.3 Å². The number of hydrogen-bond acceptors (Lipinski definition) is 4. The van der Waals surface area contributed by atoms with Gasteiger partial charge in [-0.2, -0.15) is 0 Å². The van der Waals surface area contributed by atoms with Gasteiger partial charge in [0.05, 0.1) is 29.8 Å². The van der Waals surface area contributed by atoms with Crippen molar-refractivity contribution in [2.45, 2.75) is 6.54 Å². The Kier molecular flexibility index (Phi) is 4.14. The second-order valence-electron chi connectivity index (χ2n) is 6.85. The van der Waals surface area contributed by atoms with Gasteiger partial charge in [-0.05, 0) is 42.2 Å². The molecule has 0 amide bonds. The summed E-state index contributed by atoms with van der Waals surface area (Å²) in [4.78, 5) is 2.32. The molecule has 1 aromatic carbocycles. The summed E-state index contributed by atoms with van der Waals surface area (Å²) in [7, 11) is 0. The zero-order chi connectivity index (χ0) is 16.9. The van der Waals surface area contributed by atoms with Crippen molar-refractivity contribution >= 4 is 23.2 Å². The number of fused-ring (bicyclic) bond motifs is 1. The molecule has 2 heterocycles. The van der Waals surface area contributed by atoms with Crippen molar-refractivity contribution in [1.82, 2.24) is 4.90 Å². The third-order valence-corrected chi connectivity index (χ3v) is 6.34. The fourth-order valence-corrected chi connectivity index (χ4v) is 4.35. The van der Waals surface area contributed by atoms with Gasteiger partial charge in [-0.25, -0.2) is 0 Å². The third-order valence-electron chi connectivity index (χ3n) is 5.60. The van der Waals surface area contributed by atoms with Gasteiger partial charge in [0.2, 0.25) is 0 Å². The van der Waals surface area contributed by atoms with Crippen LogP contribution in [0.5, 0.6) is 0 Å². The molecule has 1 aliphatic heterocycles. The predicted octanol–water partition coefficient (Wildman–Crippen LogP) is 3.29. The summed E-state index contributed by atoms with van der Waals surface area (Å²) in [6, 6.07) is 9.37. The van der Waals surface area contributed by atoms with Crippen LogP contribution in [-0.4, -0.2) is 41.4 Å². The van der Waals surface area contributed by atoms with E-state index in [-0.39, 0.29) is 18.6 Å². The summed E-state index contributed by atoms with van der Waals surface area (Å²) in [5.41, 5.74) is 0.657. The second kappa shape index (κ2) is 6.04. The standard InChI is InChI=1S/C18H19Cl2NO3/c19-15-3-1-11(5-16(15)20)17-4-2-12(24-17)6-21-7-13-14(8-21)18(13,9-22)10-23/h1-5,13-14,22-23H,6-10H2. The van der Waals surface area contributed by atoms with Gasteiger partial charge < -0.3 is 14.6 Å². The van der Waals surface area contributed by atoms with Crippen molar-refractivity contribution in [2.75, 3.05) is 26.3 Å². The van der Waals surface area contributed by atoms with Crippen LogP contribution in [-0.2, 0) is 6.54 Å². The van der Waals surface area contributed by atoms with E-state index in [1.807, 2.05) is 18.2 Å². The van der Waals surface area contributed by atoms with Gasteiger partial charge in [0.15, 0.2) is 0 Å². The maximum atomic E-state index is 9.49. The highest BCUT2D eigenvalue weighted by atomic mass is 35.5. The molecule has 2 N–H and O–H groups in total. The Labute approximate surface area is 150 Å². The monoisotopic (exact) mass is 367 g/mol. The molecular weight excluding hydrogens is 349 g/mol. The molecule has 2 unspecified atom stereocenters. The SMILES string of the molecule is OCC1(CO)C2CN(Cc3ccc(-c4ccc(Cl)c(Cl)c4)o3)CC21. The lowest BCUT2D eigenvalue weighted by molar-refractivity contribution is 0.0855. The van der Waals surface area contributed by atoms with Crippen LogP contribution in [0.2, 0.25) is 10.0 Å². The van der Waals surface area contributed by atoms with E-state index in [0.717, 1.165) is 36.7 Å². The van der Waals surface area contributed by atoms with Gasteiger partial charge in [0.1, 0.15) is 11.5 Å².